The number of hydrogen-bond acceptors (Lipinski definition) is 6. The number of nitrogens with one attached hydrogen (secondary N) is 1. The molecule has 0 aliphatic heterocycles. The molecule has 0 spiro atoms. The molecule has 0 aliphatic carbocycles. The van der Waals surface area contributed by atoms with E-state index in [0.717, 1.165) is 57.4 Å². The van der Waals surface area contributed by atoms with Crippen molar-refractivity contribution in [3.8, 4) is 17.2 Å². The van der Waals surface area contributed by atoms with Gasteiger partial charge in [0.25, 0.3) is 5.91 Å². The van der Waals surface area contributed by atoms with Gasteiger partial charge in [0.15, 0.2) is 11.5 Å². The van der Waals surface area contributed by atoms with Gasteiger partial charge in [-0.25, -0.2) is 9.59 Å². The minimum atomic E-state index is -1.29. The summed E-state index contributed by atoms with van der Waals surface area (Å²) in [5.74, 6) is -1.74. The van der Waals surface area contributed by atoms with Gasteiger partial charge in [-0.15, -0.1) is 0 Å². The molecular formula is C51H83NO8. The third kappa shape index (κ3) is 24.5. The van der Waals surface area contributed by atoms with Gasteiger partial charge in [0, 0.05) is 11.3 Å². The standard InChI is InChI=1S/C51H83NO8/c1-4-7-10-13-16-19-22-25-28-31-34-58-46-40-42(49(53)52-45-38-43(50(54)55)37-44(39-45)51(56)57)41-47(59-35-32-29-26-23-20-17-14-11-8-5-2)48(46)60-36-33-30-27-24-21-18-15-12-9-6-3/h37-41H,4-36H2,1-3H3,(H,52,53)(H,54,55)(H,56,57). The first-order valence-electron chi connectivity index (χ1n) is 24.3. The Hall–Kier alpha value is -3.75. The summed E-state index contributed by atoms with van der Waals surface area (Å²) in [6.07, 6.45) is 36.4. The summed E-state index contributed by atoms with van der Waals surface area (Å²) in [5.41, 5.74) is -0.154. The molecule has 3 N–H and O–H groups in total. The first-order chi connectivity index (χ1) is 29.3. The molecule has 2 aromatic carbocycles. The predicted octanol–water partition coefficient (Wildman–Crippen LogP) is 15.2. The minimum absolute atomic E-state index is 0.0687. The smallest absolute Gasteiger partial charge is 0.335 e. The minimum Gasteiger partial charge on any atom is -0.490 e. The zero-order chi connectivity index (χ0) is 43.5. The highest BCUT2D eigenvalue weighted by Gasteiger charge is 2.21. The number of anilines is 1. The van der Waals surface area contributed by atoms with Crippen LogP contribution in [0.2, 0.25) is 0 Å². The van der Waals surface area contributed by atoms with Crippen LogP contribution in [-0.4, -0.2) is 47.9 Å². The van der Waals surface area contributed by atoms with E-state index >= 15 is 0 Å². The molecule has 0 fully saturated rings. The van der Waals surface area contributed by atoms with E-state index in [2.05, 4.69) is 26.1 Å². The Morgan fingerprint density at radius 1 is 0.400 bits per heavy atom. The Bertz CT molecular complexity index is 1360. The maximum atomic E-state index is 13.8. The molecule has 0 unspecified atom stereocenters. The van der Waals surface area contributed by atoms with E-state index in [4.69, 9.17) is 14.2 Å². The maximum Gasteiger partial charge on any atom is 0.335 e. The van der Waals surface area contributed by atoms with Crippen molar-refractivity contribution >= 4 is 23.5 Å². The summed E-state index contributed by atoms with van der Waals surface area (Å²) in [6, 6.07) is 6.89. The molecule has 0 bridgehead atoms. The highest BCUT2D eigenvalue weighted by Crippen LogP contribution is 2.40. The van der Waals surface area contributed by atoms with Crippen molar-refractivity contribution in [2.45, 2.75) is 213 Å². The molecule has 9 heteroatoms. The van der Waals surface area contributed by atoms with Gasteiger partial charge in [-0.2, -0.15) is 0 Å². The number of aromatic carboxylic acids is 2. The maximum absolute atomic E-state index is 13.8. The van der Waals surface area contributed by atoms with Gasteiger partial charge in [0.2, 0.25) is 5.75 Å². The lowest BCUT2D eigenvalue weighted by molar-refractivity contribution is 0.0696. The van der Waals surface area contributed by atoms with Gasteiger partial charge in [-0.05, 0) is 49.6 Å². The largest absolute Gasteiger partial charge is 0.490 e. The molecule has 60 heavy (non-hydrogen) atoms. The van der Waals surface area contributed by atoms with E-state index < -0.39 is 17.8 Å². The first-order valence-corrected chi connectivity index (χ1v) is 24.3. The van der Waals surface area contributed by atoms with Crippen LogP contribution in [0.3, 0.4) is 0 Å². The Balaban J connectivity index is 2.20. The quantitative estimate of drug-likeness (QED) is 0.0566. The van der Waals surface area contributed by atoms with Crippen LogP contribution in [0.25, 0.3) is 0 Å². The van der Waals surface area contributed by atoms with Crippen LogP contribution in [0.1, 0.15) is 244 Å². The molecule has 0 radical (unpaired) electrons. The fourth-order valence-corrected chi connectivity index (χ4v) is 7.52. The molecule has 0 saturated heterocycles. The van der Waals surface area contributed by atoms with Gasteiger partial charge < -0.3 is 29.7 Å². The highest BCUT2D eigenvalue weighted by molar-refractivity contribution is 6.06. The normalized spacial score (nSPS) is 11.1. The average molecular weight is 838 g/mol. The van der Waals surface area contributed by atoms with Crippen molar-refractivity contribution in [3.05, 3.63) is 47.0 Å². The van der Waals surface area contributed by atoms with Gasteiger partial charge in [-0.1, -0.05) is 194 Å². The highest BCUT2D eigenvalue weighted by atomic mass is 16.5. The van der Waals surface area contributed by atoms with Crippen molar-refractivity contribution in [2.24, 2.45) is 0 Å². The topological polar surface area (TPSA) is 131 Å². The average Bonchev–Trinajstić information content (AvgIpc) is 3.24. The van der Waals surface area contributed by atoms with Crippen LogP contribution in [0.4, 0.5) is 5.69 Å². The van der Waals surface area contributed by atoms with Gasteiger partial charge in [0.1, 0.15) is 0 Å². The first kappa shape index (κ1) is 52.4. The van der Waals surface area contributed by atoms with Crippen LogP contribution < -0.4 is 19.5 Å². The summed E-state index contributed by atoms with van der Waals surface area (Å²) >= 11 is 0. The van der Waals surface area contributed by atoms with Crippen LogP contribution in [0.5, 0.6) is 17.2 Å². The molecular weight excluding hydrogens is 755 g/mol. The lowest BCUT2D eigenvalue weighted by Crippen LogP contribution is -2.15. The van der Waals surface area contributed by atoms with Crippen LogP contribution in [-0.2, 0) is 0 Å². The van der Waals surface area contributed by atoms with Crippen molar-refractivity contribution in [2.75, 3.05) is 25.1 Å². The van der Waals surface area contributed by atoms with E-state index in [1.165, 1.54) is 153 Å². The molecule has 0 atom stereocenters. The monoisotopic (exact) mass is 838 g/mol. The molecule has 340 valence electrons. The number of benzene rings is 2. The summed E-state index contributed by atoms with van der Waals surface area (Å²) in [7, 11) is 0. The van der Waals surface area contributed by atoms with E-state index in [1.807, 2.05) is 0 Å². The number of rotatable bonds is 40. The number of unbranched alkanes of at least 4 members (excludes halogenated alkanes) is 27. The van der Waals surface area contributed by atoms with Crippen LogP contribution in [0.15, 0.2) is 30.3 Å². The molecule has 9 nitrogen and oxygen atoms in total. The fraction of sp³-hybridized carbons (Fsp3) is 0.706. The Morgan fingerprint density at radius 3 is 1.02 bits per heavy atom. The van der Waals surface area contributed by atoms with Crippen molar-refractivity contribution < 1.29 is 38.8 Å². The number of ether oxygens (including phenoxy) is 3. The second kappa shape index (κ2) is 34.9. The lowest BCUT2D eigenvalue weighted by atomic mass is 10.1. The van der Waals surface area contributed by atoms with E-state index in [-0.39, 0.29) is 22.4 Å². The predicted molar refractivity (Wildman–Crippen MR) is 247 cm³/mol. The number of carbonyl (C=O) groups excluding carboxylic acids is 1. The van der Waals surface area contributed by atoms with Gasteiger partial charge in [-0.3, -0.25) is 4.79 Å². The number of hydrogen-bond donors (Lipinski definition) is 3. The SMILES string of the molecule is CCCCCCCCCCCCOc1cc(C(=O)Nc2cc(C(=O)O)cc(C(=O)O)c2)cc(OCCCCCCCCCCCC)c1OCCCCCCCCCCCC. The molecule has 2 rings (SSSR count). The summed E-state index contributed by atoms with van der Waals surface area (Å²) < 4.78 is 19.3. The lowest BCUT2D eigenvalue weighted by Gasteiger charge is -2.19. The van der Waals surface area contributed by atoms with Crippen molar-refractivity contribution in [1.29, 1.82) is 0 Å². The molecule has 0 heterocycles. The summed E-state index contributed by atoms with van der Waals surface area (Å²) in [4.78, 5) is 37.4. The molecule has 0 saturated carbocycles. The third-order valence-corrected chi connectivity index (χ3v) is 11.2. The van der Waals surface area contributed by atoms with Crippen LogP contribution >= 0.6 is 0 Å². The second-order valence-corrected chi connectivity index (χ2v) is 16.8. The molecule has 0 aliphatic rings. The second-order valence-electron chi connectivity index (χ2n) is 16.8. The zero-order valence-electron chi connectivity index (χ0n) is 38.1. The van der Waals surface area contributed by atoms with Crippen molar-refractivity contribution in [3.63, 3.8) is 0 Å². The van der Waals surface area contributed by atoms with Gasteiger partial charge >= 0.3 is 11.9 Å². The molecule has 2 aromatic rings. The van der Waals surface area contributed by atoms with Crippen LogP contribution in [0, 0.1) is 0 Å². The zero-order valence-corrected chi connectivity index (χ0v) is 38.1. The number of carboxylic acid groups (broad SMARTS) is 2. The summed E-state index contributed by atoms with van der Waals surface area (Å²) in [5, 5.41) is 21.9. The fourth-order valence-electron chi connectivity index (χ4n) is 7.52. The third-order valence-electron chi connectivity index (χ3n) is 11.2. The Morgan fingerprint density at radius 2 is 0.700 bits per heavy atom. The van der Waals surface area contributed by atoms with E-state index in [0.29, 0.717) is 37.1 Å². The van der Waals surface area contributed by atoms with E-state index in [1.54, 1.807) is 12.1 Å². The Kier molecular flexibility index (Phi) is 30.5. The number of carboxylic acids is 2. The number of amides is 1. The summed E-state index contributed by atoms with van der Waals surface area (Å²) in [6.45, 7) is 8.18. The number of carbonyl (C=O) groups is 3. The van der Waals surface area contributed by atoms with E-state index in [9.17, 15) is 24.6 Å². The molecule has 1 amide bonds. The Labute approximate surface area is 364 Å². The van der Waals surface area contributed by atoms with Gasteiger partial charge in [0.05, 0.1) is 30.9 Å². The molecule has 0 aromatic heterocycles. The van der Waals surface area contributed by atoms with Crippen molar-refractivity contribution in [1.82, 2.24) is 0 Å².